The molecule has 0 aliphatic carbocycles. The van der Waals surface area contributed by atoms with Gasteiger partial charge < -0.3 is 20.5 Å². The minimum absolute atomic E-state index is 0.0855. The molecule has 1 aromatic rings. The predicted octanol–water partition coefficient (Wildman–Crippen LogP) is 2.13. The maximum Gasteiger partial charge on any atom is 0.410 e. The van der Waals surface area contributed by atoms with Crippen molar-refractivity contribution in [2.45, 2.75) is 39.5 Å². The first kappa shape index (κ1) is 15.3. The summed E-state index contributed by atoms with van der Waals surface area (Å²) in [4.78, 5) is 13.3. The lowest BCUT2D eigenvalue weighted by Crippen LogP contribution is -2.34. The summed E-state index contributed by atoms with van der Waals surface area (Å²) in [6.45, 7) is 5.71. The summed E-state index contributed by atoms with van der Waals surface area (Å²) in [5.74, 6) is 0. The van der Waals surface area contributed by atoms with Gasteiger partial charge in [-0.1, -0.05) is 6.07 Å². The fourth-order valence-electron chi connectivity index (χ4n) is 1.61. The van der Waals surface area contributed by atoms with Crippen molar-refractivity contribution in [3.05, 3.63) is 29.3 Å². The molecule has 5 nitrogen and oxygen atoms in total. The Morgan fingerprint density at radius 1 is 1.37 bits per heavy atom. The molecule has 0 atom stereocenters. The summed E-state index contributed by atoms with van der Waals surface area (Å²) >= 11 is 0. The van der Waals surface area contributed by atoms with E-state index in [4.69, 9.17) is 10.5 Å². The molecular weight excluding hydrogens is 244 g/mol. The zero-order valence-corrected chi connectivity index (χ0v) is 11.9. The molecule has 19 heavy (non-hydrogen) atoms. The van der Waals surface area contributed by atoms with Gasteiger partial charge in [0.1, 0.15) is 5.60 Å². The fraction of sp³-hybridized carbons (Fsp3) is 0.500. The van der Waals surface area contributed by atoms with Gasteiger partial charge in [0.25, 0.3) is 0 Å². The van der Waals surface area contributed by atoms with Crippen LogP contribution in [0.5, 0.6) is 0 Å². The molecule has 1 amide bonds. The maximum absolute atomic E-state index is 11.9. The van der Waals surface area contributed by atoms with Gasteiger partial charge in [-0.2, -0.15) is 0 Å². The second-order valence-electron chi connectivity index (χ2n) is 5.52. The molecule has 0 aliphatic rings. The molecule has 0 radical (unpaired) electrons. The van der Waals surface area contributed by atoms with Crippen LogP contribution in [-0.2, 0) is 17.9 Å². The van der Waals surface area contributed by atoms with Crippen LogP contribution in [-0.4, -0.2) is 28.7 Å². The van der Waals surface area contributed by atoms with Gasteiger partial charge in [-0.25, -0.2) is 4.79 Å². The number of nitrogens with two attached hydrogens (primary N) is 1. The van der Waals surface area contributed by atoms with Gasteiger partial charge in [-0.05, 0) is 44.0 Å². The number of nitrogen functional groups attached to an aromatic ring is 1. The van der Waals surface area contributed by atoms with Gasteiger partial charge in [0.15, 0.2) is 0 Å². The Bertz CT molecular complexity index is 452. The summed E-state index contributed by atoms with van der Waals surface area (Å²) in [5, 5.41) is 9.27. The molecular formula is C14H22N2O3. The number of carbonyl (C=O) groups excluding carboxylic acids is 1. The highest BCUT2D eigenvalue weighted by molar-refractivity contribution is 5.68. The number of hydrogen-bond donors (Lipinski definition) is 2. The Labute approximate surface area is 114 Å². The van der Waals surface area contributed by atoms with E-state index in [9.17, 15) is 9.90 Å². The normalized spacial score (nSPS) is 11.2. The first-order valence-electron chi connectivity index (χ1n) is 6.15. The number of aliphatic hydroxyl groups is 1. The van der Waals surface area contributed by atoms with Crippen LogP contribution in [0.3, 0.4) is 0 Å². The highest BCUT2D eigenvalue weighted by Crippen LogP contribution is 2.17. The SMILES string of the molecule is CN(Cc1cc(N)ccc1CO)C(=O)OC(C)(C)C. The third-order valence-electron chi connectivity index (χ3n) is 2.51. The Morgan fingerprint density at radius 2 is 2.00 bits per heavy atom. The number of rotatable bonds is 3. The number of ether oxygens (including phenoxy) is 1. The molecule has 106 valence electrons. The predicted molar refractivity (Wildman–Crippen MR) is 74.5 cm³/mol. The van der Waals surface area contributed by atoms with E-state index in [1.165, 1.54) is 4.90 Å². The van der Waals surface area contributed by atoms with Crippen molar-refractivity contribution in [1.29, 1.82) is 0 Å². The van der Waals surface area contributed by atoms with E-state index in [0.717, 1.165) is 11.1 Å². The van der Waals surface area contributed by atoms with Crippen molar-refractivity contribution in [2.24, 2.45) is 0 Å². The number of amides is 1. The number of carbonyl (C=O) groups is 1. The van der Waals surface area contributed by atoms with E-state index in [2.05, 4.69) is 0 Å². The molecule has 0 bridgehead atoms. The summed E-state index contributed by atoms with van der Waals surface area (Å²) in [5.41, 5.74) is 7.36. The minimum Gasteiger partial charge on any atom is -0.444 e. The molecule has 0 saturated carbocycles. The van der Waals surface area contributed by atoms with E-state index >= 15 is 0 Å². The topological polar surface area (TPSA) is 75.8 Å². The van der Waals surface area contributed by atoms with E-state index in [1.807, 2.05) is 20.8 Å². The largest absolute Gasteiger partial charge is 0.444 e. The van der Waals surface area contributed by atoms with E-state index in [1.54, 1.807) is 25.2 Å². The average Bonchev–Trinajstić information content (AvgIpc) is 2.27. The molecule has 1 rings (SSSR count). The number of hydrogen-bond acceptors (Lipinski definition) is 4. The third-order valence-corrected chi connectivity index (χ3v) is 2.51. The molecule has 0 spiro atoms. The van der Waals surface area contributed by atoms with E-state index in [0.29, 0.717) is 12.2 Å². The quantitative estimate of drug-likeness (QED) is 0.822. The van der Waals surface area contributed by atoms with Crippen LogP contribution in [0.15, 0.2) is 18.2 Å². The number of anilines is 1. The number of nitrogens with zero attached hydrogens (tertiary/aromatic N) is 1. The zero-order chi connectivity index (χ0) is 14.6. The Kier molecular flexibility index (Phi) is 4.78. The molecule has 0 unspecified atom stereocenters. The van der Waals surface area contributed by atoms with Crippen LogP contribution >= 0.6 is 0 Å². The van der Waals surface area contributed by atoms with Crippen LogP contribution in [0.4, 0.5) is 10.5 Å². The van der Waals surface area contributed by atoms with Crippen LogP contribution in [0.25, 0.3) is 0 Å². The first-order chi connectivity index (χ1) is 8.73. The van der Waals surface area contributed by atoms with Gasteiger partial charge in [-0.3, -0.25) is 0 Å². The van der Waals surface area contributed by atoms with Crippen molar-refractivity contribution in [3.63, 3.8) is 0 Å². The Hall–Kier alpha value is -1.75. The maximum atomic E-state index is 11.9. The minimum atomic E-state index is -0.527. The monoisotopic (exact) mass is 266 g/mol. The highest BCUT2D eigenvalue weighted by Gasteiger charge is 2.20. The van der Waals surface area contributed by atoms with Crippen molar-refractivity contribution in [1.82, 2.24) is 4.90 Å². The van der Waals surface area contributed by atoms with Crippen LogP contribution in [0.2, 0.25) is 0 Å². The second kappa shape index (κ2) is 5.93. The lowest BCUT2D eigenvalue weighted by atomic mass is 10.1. The van der Waals surface area contributed by atoms with Gasteiger partial charge in [0.2, 0.25) is 0 Å². The average molecular weight is 266 g/mol. The lowest BCUT2D eigenvalue weighted by Gasteiger charge is -2.25. The van der Waals surface area contributed by atoms with Gasteiger partial charge >= 0.3 is 6.09 Å². The smallest absolute Gasteiger partial charge is 0.410 e. The summed E-state index contributed by atoms with van der Waals surface area (Å²) in [6, 6.07) is 5.24. The van der Waals surface area contributed by atoms with Gasteiger partial charge in [-0.15, -0.1) is 0 Å². The fourth-order valence-corrected chi connectivity index (χ4v) is 1.61. The van der Waals surface area contributed by atoms with Gasteiger partial charge in [0.05, 0.1) is 6.61 Å². The van der Waals surface area contributed by atoms with Crippen molar-refractivity contribution in [2.75, 3.05) is 12.8 Å². The number of aliphatic hydroxyl groups excluding tert-OH is 1. The molecule has 3 N–H and O–H groups in total. The molecule has 0 aliphatic heterocycles. The van der Waals surface area contributed by atoms with Crippen molar-refractivity contribution >= 4 is 11.8 Å². The number of benzene rings is 1. The summed E-state index contributed by atoms with van der Waals surface area (Å²) < 4.78 is 5.27. The van der Waals surface area contributed by atoms with Crippen LogP contribution in [0, 0.1) is 0 Å². The second-order valence-corrected chi connectivity index (χ2v) is 5.52. The molecule has 0 aromatic heterocycles. The van der Waals surface area contributed by atoms with Crippen LogP contribution in [0.1, 0.15) is 31.9 Å². The van der Waals surface area contributed by atoms with E-state index < -0.39 is 11.7 Å². The lowest BCUT2D eigenvalue weighted by molar-refractivity contribution is 0.0284. The molecule has 0 heterocycles. The summed E-state index contributed by atoms with van der Waals surface area (Å²) in [6.07, 6.45) is -0.404. The van der Waals surface area contributed by atoms with Gasteiger partial charge in [0, 0.05) is 19.3 Å². The molecule has 0 saturated heterocycles. The van der Waals surface area contributed by atoms with Crippen molar-refractivity contribution in [3.8, 4) is 0 Å². The zero-order valence-electron chi connectivity index (χ0n) is 11.9. The highest BCUT2D eigenvalue weighted by atomic mass is 16.6. The summed E-state index contributed by atoms with van der Waals surface area (Å²) in [7, 11) is 1.65. The van der Waals surface area contributed by atoms with Crippen molar-refractivity contribution < 1.29 is 14.6 Å². The Balaban J connectivity index is 2.79. The molecule has 5 heteroatoms. The molecule has 1 aromatic carbocycles. The standard InChI is InChI=1S/C14H22N2O3/c1-14(2,3)19-13(18)16(4)8-11-7-12(15)6-5-10(11)9-17/h5-7,17H,8-9,15H2,1-4H3. The van der Waals surface area contributed by atoms with Crippen LogP contribution < -0.4 is 5.73 Å². The van der Waals surface area contributed by atoms with E-state index in [-0.39, 0.29) is 6.61 Å². The Morgan fingerprint density at radius 3 is 2.53 bits per heavy atom. The first-order valence-corrected chi connectivity index (χ1v) is 6.15. The third kappa shape index (κ3) is 4.79. The molecule has 0 fully saturated rings.